The molecule has 0 spiro atoms. The second kappa shape index (κ2) is 6.17. The normalized spacial score (nSPS) is 21.1. The molecule has 1 fully saturated rings. The van der Waals surface area contributed by atoms with E-state index >= 15 is 0 Å². The van der Waals surface area contributed by atoms with Crippen LogP contribution in [0, 0.1) is 6.92 Å². The van der Waals surface area contributed by atoms with Crippen LogP contribution in [0.1, 0.15) is 31.0 Å². The molecule has 0 radical (unpaired) electrons. The zero-order valence-corrected chi connectivity index (χ0v) is 14.0. The first-order valence-corrected chi connectivity index (χ1v) is 8.56. The monoisotopic (exact) mass is 311 g/mol. The summed E-state index contributed by atoms with van der Waals surface area (Å²) in [5.74, 6) is 0.245. The summed E-state index contributed by atoms with van der Waals surface area (Å²) in [6.45, 7) is 6.26. The Kier molecular flexibility index (Phi) is 4.25. The van der Waals surface area contributed by atoms with Gasteiger partial charge < -0.3 is 4.90 Å². The highest BCUT2D eigenvalue weighted by Crippen LogP contribution is 2.45. The van der Waals surface area contributed by atoms with Crippen LogP contribution >= 0.6 is 11.8 Å². The average molecular weight is 311 g/mol. The van der Waals surface area contributed by atoms with Crippen molar-refractivity contribution in [3.8, 4) is 0 Å². The van der Waals surface area contributed by atoms with Crippen LogP contribution in [0.5, 0.6) is 0 Å². The first kappa shape index (κ1) is 15.2. The van der Waals surface area contributed by atoms with Gasteiger partial charge in [-0.2, -0.15) is 0 Å². The van der Waals surface area contributed by atoms with Crippen molar-refractivity contribution < 1.29 is 4.79 Å². The summed E-state index contributed by atoms with van der Waals surface area (Å²) in [5.41, 5.74) is 2.48. The van der Waals surface area contributed by atoms with Gasteiger partial charge in [0.2, 0.25) is 5.91 Å². The zero-order valence-electron chi connectivity index (χ0n) is 13.2. The maximum absolute atomic E-state index is 12.6. The van der Waals surface area contributed by atoms with E-state index in [2.05, 4.69) is 57.2 Å². The highest BCUT2D eigenvalue weighted by atomic mass is 32.2. The van der Waals surface area contributed by atoms with E-state index in [-0.39, 0.29) is 23.2 Å². The lowest BCUT2D eigenvalue weighted by molar-refractivity contribution is -0.147. The lowest BCUT2D eigenvalue weighted by Gasteiger charge is -2.49. The maximum Gasteiger partial charge on any atom is 0.239 e. The average Bonchev–Trinajstić information content (AvgIpc) is 2.51. The molecule has 0 aliphatic carbocycles. The number of aryl methyl sites for hydroxylation is 1. The fourth-order valence-electron chi connectivity index (χ4n) is 2.92. The minimum Gasteiger partial charge on any atom is -0.331 e. The molecule has 2 aromatic carbocycles. The Hall–Kier alpha value is -1.74. The van der Waals surface area contributed by atoms with E-state index in [9.17, 15) is 4.79 Å². The molecule has 0 aromatic heterocycles. The second-order valence-electron chi connectivity index (χ2n) is 6.05. The number of amides is 1. The molecule has 0 N–H and O–H groups in total. The van der Waals surface area contributed by atoms with Crippen LogP contribution in [0.25, 0.3) is 0 Å². The van der Waals surface area contributed by atoms with Crippen LogP contribution in [0.15, 0.2) is 59.5 Å². The molecule has 1 amide bonds. The number of β-lactam (4-membered cyclic amide) rings is 1. The molecule has 0 bridgehead atoms. The van der Waals surface area contributed by atoms with E-state index < -0.39 is 0 Å². The molecule has 2 atom stereocenters. The Bertz CT molecular complexity index is 651. The van der Waals surface area contributed by atoms with Gasteiger partial charge in [-0.05, 0) is 38.5 Å². The van der Waals surface area contributed by atoms with Gasteiger partial charge in [-0.1, -0.05) is 48.0 Å². The zero-order chi connectivity index (χ0) is 15.7. The van der Waals surface area contributed by atoms with Gasteiger partial charge in [-0.15, -0.1) is 11.8 Å². The van der Waals surface area contributed by atoms with E-state index in [0.717, 1.165) is 4.90 Å². The lowest BCUT2D eigenvalue weighted by Crippen LogP contribution is -2.59. The van der Waals surface area contributed by atoms with Crippen molar-refractivity contribution in [2.75, 3.05) is 0 Å². The van der Waals surface area contributed by atoms with Crippen molar-refractivity contribution in [2.24, 2.45) is 0 Å². The molecule has 3 rings (SSSR count). The second-order valence-corrected chi connectivity index (χ2v) is 7.26. The van der Waals surface area contributed by atoms with E-state index in [1.807, 2.05) is 23.1 Å². The Morgan fingerprint density at radius 2 is 1.64 bits per heavy atom. The number of hydrogen-bond donors (Lipinski definition) is 0. The van der Waals surface area contributed by atoms with Crippen molar-refractivity contribution in [3.05, 3.63) is 65.7 Å². The van der Waals surface area contributed by atoms with Crippen LogP contribution < -0.4 is 0 Å². The Morgan fingerprint density at radius 3 is 2.23 bits per heavy atom. The molecule has 3 heteroatoms. The van der Waals surface area contributed by atoms with Crippen LogP contribution in [0.4, 0.5) is 0 Å². The number of benzene rings is 2. The summed E-state index contributed by atoms with van der Waals surface area (Å²) in [5, 5.41) is -0.0208. The highest BCUT2D eigenvalue weighted by molar-refractivity contribution is 8.00. The Morgan fingerprint density at radius 1 is 1.00 bits per heavy atom. The standard InChI is InChI=1S/C19H21NOS/c1-13(2)20-17(15-11-9-14(3)10-12-15)18(19(20)21)22-16-7-5-4-6-8-16/h4-13,17-18H,1-3H3/t17-,18-/m0/s1. The maximum atomic E-state index is 12.6. The van der Waals surface area contributed by atoms with Crippen molar-refractivity contribution in [1.82, 2.24) is 4.90 Å². The van der Waals surface area contributed by atoms with E-state index in [4.69, 9.17) is 0 Å². The SMILES string of the molecule is Cc1ccc([C@H]2[C@H](Sc3ccccc3)C(=O)N2C(C)C)cc1. The number of carbonyl (C=O) groups is 1. The minimum atomic E-state index is -0.0208. The number of carbonyl (C=O) groups excluding carboxylic acids is 1. The molecule has 0 unspecified atom stereocenters. The number of rotatable bonds is 4. The first-order chi connectivity index (χ1) is 10.6. The summed E-state index contributed by atoms with van der Waals surface area (Å²) in [6, 6.07) is 19.1. The fraction of sp³-hybridized carbons (Fsp3) is 0.316. The van der Waals surface area contributed by atoms with Crippen LogP contribution in [-0.2, 0) is 4.79 Å². The molecule has 22 heavy (non-hydrogen) atoms. The van der Waals surface area contributed by atoms with Gasteiger partial charge in [-0.25, -0.2) is 0 Å². The molecule has 1 aliphatic rings. The number of likely N-dealkylation sites (tertiary alicyclic amines) is 1. The lowest BCUT2D eigenvalue weighted by atomic mass is 9.91. The van der Waals surface area contributed by atoms with Gasteiger partial charge in [0.1, 0.15) is 5.25 Å². The highest BCUT2D eigenvalue weighted by Gasteiger charge is 2.49. The van der Waals surface area contributed by atoms with Crippen molar-refractivity contribution in [2.45, 2.75) is 43.0 Å². The first-order valence-electron chi connectivity index (χ1n) is 7.68. The molecule has 2 nitrogen and oxygen atoms in total. The molecule has 1 heterocycles. The molecule has 1 saturated heterocycles. The summed E-state index contributed by atoms with van der Waals surface area (Å²) >= 11 is 1.68. The number of hydrogen-bond acceptors (Lipinski definition) is 2. The third-order valence-electron chi connectivity index (χ3n) is 4.07. The van der Waals surface area contributed by atoms with Gasteiger partial charge in [-0.3, -0.25) is 4.79 Å². The third-order valence-corrected chi connectivity index (χ3v) is 5.32. The summed E-state index contributed by atoms with van der Waals surface area (Å²) < 4.78 is 0. The van der Waals surface area contributed by atoms with Gasteiger partial charge in [0.15, 0.2) is 0 Å². The van der Waals surface area contributed by atoms with Gasteiger partial charge in [0.05, 0.1) is 6.04 Å². The van der Waals surface area contributed by atoms with Crippen LogP contribution in [-0.4, -0.2) is 22.1 Å². The predicted molar refractivity (Wildman–Crippen MR) is 92.0 cm³/mol. The van der Waals surface area contributed by atoms with Gasteiger partial charge >= 0.3 is 0 Å². The molecule has 114 valence electrons. The van der Waals surface area contributed by atoms with Crippen LogP contribution in [0.2, 0.25) is 0 Å². The summed E-state index contributed by atoms with van der Waals surface area (Å²) in [4.78, 5) is 15.7. The number of nitrogens with zero attached hydrogens (tertiary/aromatic N) is 1. The largest absolute Gasteiger partial charge is 0.331 e. The van der Waals surface area contributed by atoms with Crippen LogP contribution in [0.3, 0.4) is 0 Å². The quantitative estimate of drug-likeness (QED) is 0.778. The summed E-state index contributed by atoms with van der Waals surface area (Å²) in [6.07, 6.45) is 0. The molecule has 2 aromatic rings. The van der Waals surface area contributed by atoms with E-state index in [1.165, 1.54) is 11.1 Å². The fourth-order valence-corrected chi connectivity index (χ4v) is 4.17. The molecular weight excluding hydrogens is 290 g/mol. The predicted octanol–water partition coefficient (Wildman–Crippen LogP) is 4.45. The van der Waals surface area contributed by atoms with Crippen molar-refractivity contribution in [1.29, 1.82) is 0 Å². The molecule has 1 aliphatic heterocycles. The molecule has 0 saturated carbocycles. The Balaban J connectivity index is 1.87. The van der Waals surface area contributed by atoms with E-state index in [1.54, 1.807) is 11.8 Å². The van der Waals surface area contributed by atoms with Gasteiger partial charge in [0, 0.05) is 10.9 Å². The van der Waals surface area contributed by atoms with E-state index in [0.29, 0.717) is 0 Å². The summed E-state index contributed by atoms with van der Waals surface area (Å²) in [7, 11) is 0. The third kappa shape index (κ3) is 2.78. The Labute approximate surface area is 136 Å². The number of thioether (sulfide) groups is 1. The smallest absolute Gasteiger partial charge is 0.239 e. The molecular formula is C19H21NOS. The van der Waals surface area contributed by atoms with Crippen molar-refractivity contribution >= 4 is 17.7 Å². The van der Waals surface area contributed by atoms with Gasteiger partial charge in [0.25, 0.3) is 0 Å². The minimum absolute atomic E-state index is 0.0208. The van der Waals surface area contributed by atoms with Crippen molar-refractivity contribution in [3.63, 3.8) is 0 Å². The topological polar surface area (TPSA) is 20.3 Å².